The van der Waals surface area contributed by atoms with Crippen LogP contribution in [0.25, 0.3) is 0 Å². The lowest BCUT2D eigenvalue weighted by Gasteiger charge is -2.13. The van der Waals surface area contributed by atoms with Crippen molar-refractivity contribution in [3.8, 4) is 0 Å². The first-order valence-corrected chi connectivity index (χ1v) is 7.01. The van der Waals surface area contributed by atoms with E-state index in [1.807, 2.05) is 13.8 Å². The number of nitrogens with one attached hydrogen (secondary N) is 1. The minimum atomic E-state index is -0.465. The summed E-state index contributed by atoms with van der Waals surface area (Å²) in [6, 6.07) is -0.465. The summed E-state index contributed by atoms with van der Waals surface area (Å²) in [5.41, 5.74) is 1.37. The number of rotatable bonds is 6. The number of aromatic nitrogens is 4. The predicted octanol–water partition coefficient (Wildman–Crippen LogP) is 2.24. The summed E-state index contributed by atoms with van der Waals surface area (Å²) in [4.78, 5) is 12.2. The summed E-state index contributed by atoms with van der Waals surface area (Å²) < 4.78 is 8.43. The lowest BCUT2D eigenvalue weighted by Crippen LogP contribution is -2.25. The van der Waals surface area contributed by atoms with Gasteiger partial charge in [0.2, 0.25) is 5.91 Å². The van der Waals surface area contributed by atoms with E-state index in [1.54, 1.807) is 28.7 Å². The molecule has 0 aliphatic heterocycles. The Balaban J connectivity index is 2.00. The van der Waals surface area contributed by atoms with Crippen LogP contribution in [-0.2, 0) is 16.3 Å². The third-order valence-electron chi connectivity index (χ3n) is 3.06. The van der Waals surface area contributed by atoms with Gasteiger partial charge in [-0.3, -0.25) is 9.48 Å². The summed E-state index contributed by atoms with van der Waals surface area (Å²) in [7, 11) is 0. The largest absolute Gasteiger partial charge is 0.360 e. The van der Waals surface area contributed by atoms with Gasteiger partial charge in [-0.15, -0.1) is 0 Å². The smallest absolute Gasteiger partial charge is 0.249 e. The number of anilines is 1. The number of carbonyl (C=O) groups is 1. The van der Waals surface area contributed by atoms with Gasteiger partial charge in [0.1, 0.15) is 12.8 Å². The number of nitrogens with zero attached hydrogens (tertiary/aromatic N) is 4. The standard InChI is InChI=1S/C13H18ClN5O2/c1-4-21-8-18-7-11(5-15-18)17-13(20)10(3)19-9(2)12(14)6-16-19/h5-7,10H,4,8H2,1-3H3,(H,17,20). The summed E-state index contributed by atoms with van der Waals surface area (Å²) >= 11 is 5.95. The quantitative estimate of drug-likeness (QED) is 0.888. The Morgan fingerprint density at radius 2 is 2.24 bits per heavy atom. The molecule has 7 nitrogen and oxygen atoms in total. The number of carbonyl (C=O) groups excluding carboxylic acids is 1. The molecule has 0 saturated heterocycles. The van der Waals surface area contributed by atoms with E-state index in [0.29, 0.717) is 24.0 Å². The fourth-order valence-electron chi connectivity index (χ4n) is 1.83. The number of ether oxygens (including phenoxy) is 1. The van der Waals surface area contributed by atoms with Crippen LogP contribution in [-0.4, -0.2) is 32.1 Å². The van der Waals surface area contributed by atoms with Crippen molar-refractivity contribution in [3.05, 3.63) is 29.3 Å². The molecule has 2 aromatic rings. The molecule has 1 unspecified atom stereocenters. The van der Waals surface area contributed by atoms with Gasteiger partial charge in [-0.1, -0.05) is 11.6 Å². The first-order chi connectivity index (χ1) is 10.0. The van der Waals surface area contributed by atoms with Gasteiger partial charge >= 0.3 is 0 Å². The second-order valence-corrected chi connectivity index (χ2v) is 4.99. The molecule has 0 radical (unpaired) electrons. The highest BCUT2D eigenvalue weighted by Gasteiger charge is 2.19. The number of hydrogen-bond acceptors (Lipinski definition) is 4. The highest BCUT2D eigenvalue weighted by molar-refractivity contribution is 6.31. The van der Waals surface area contributed by atoms with Gasteiger partial charge in [0.05, 0.1) is 35.0 Å². The van der Waals surface area contributed by atoms with Gasteiger partial charge in [-0.25, -0.2) is 4.68 Å². The molecular formula is C13H18ClN5O2. The third kappa shape index (κ3) is 3.62. The van der Waals surface area contributed by atoms with Crippen molar-refractivity contribution >= 4 is 23.2 Å². The van der Waals surface area contributed by atoms with Crippen LogP contribution in [0.15, 0.2) is 18.6 Å². The molecule has 114 valence electrons. The zero-order valence-corrected chi connectivity index (χ0v) is 13.0. The van der Waals surface area contributed by atoms with Crippen LogP contribution in [0.1, 0.15) is 25.6 Å². The molecule has 0 saturated carbocycles. The fourth-order valence-corrected chi connectivity index (χ4v) is 1.96. The molecule has 0 spiro atoms. The van der Waals surface area contributed by atoms with Crippen LogP contribution in [0.3, 0.4) is 0 Å². The number of hydrogen-bond donors (Lipinski definition) is 1. The van der Waals surface area contributed by atoms with Gasteiger partial charge in [0.25, 0.3) is 0 Å². The van der Waals surface area contributed by atoms with Gasteiger partial charge < -0.3 is 10.1 Å². The average molecular weight is 312 g/mol. The normalized spacial score (nSPS) is 12.4. The molecule has 2 rings (SSSR count). The van der Waals surface area contributed by atoms with Crippen LogP contribution in [0, 0.1) is 6.92 Å². The second-order valence-electron chi connectivity index (χ2n) is 4.58. The SMILES string of the molecule is CCOCn1cc(NC(=O)C(C)n2ncc(Cl)c2C)cn1. The molecule has 0 aliphatic carbocycles. The lowest BCUT2D eigenvalue weighted by atomic mass is 10.3. The van der Waals surface area contributed by atoms with Crippen molar-refractivity contribution in [2.75, 3.05) is 11.9 Å². The average Bonchev–Trinajstić information content (AvgIpc) is 3.04. The first kappa shape index (κ1) is 15.5. The Morgan fingerprint density at radius 3 is 2.86 bits per heavy atom. The van der Waals surface area contributed by atoms with Crippen LogP contribution < -0.4 is 5.32 Å². The first-order valence-electron chi connectivity index (χ1n) is 6.63. The second kappa shape index (κ2) is 6.73. The molecule has 0 fully saturated rings. The van der Waals surface area contributed by atoms with E-state index < -0.39 is 6.04 Å². The predicted molar refractivity (Wildman–Crippen MR) is 79.2 cm³/mol. The molecular weight excluding hydrogens is 294 g/mol. The van der Waals surface area contributed by atoms with Crippen molar-refractivity contribution in [2.45, 2.75) is 33.5 Å². The Morgan fingerprint density at radius 1 is 1.48 bits per heavy atom. The molecule has 2 aromatic heterocycles. The molecule has 1 amide bonds. The van der Waals surface area contributed by atoms with Crippen LogP contribution in [0.4, 0.5) is 5.69 Å². The monoisotopic (exact) mass is 311 g/mol. The van der Waals surface area contributed by atoms with E-state index >= 15 is 0 Å². The van der Waals surface area contributed by atoms with Crippen molar-refractivity contribution in [1.82, 2.24) is 19.6 Å². The van der Waals surface area contributed by atoms with E-state index in [4.69, 9.17) is 16.3 Å². The Bertz CT molecular complexity index is 622. The minimum absolute atomic E-state index is 0.186. The summed E-state index contributed by atoms with van der Waals surface area (Å²) in [6.45, 7) is 6.45. The Hall–Kier alpha value is -1.86. The molecule has 0 bridgehead atoms. The Labute approximate surface area is 127 Å². The van der Waals surface area contributed by atoms with Crippen LogP contribution in [0.2, 0.25) is 5.02 Å². The fraction of sp³-hybridized carbons (Fsp3) is 0.462. The van der Waals surface area contributed by atoms with E-state index in [1.165, 1.54) is 6.20 Å². The molecule has 0 aromatic carbocycles. The third-order valence-corrected chi connectivity index (χ3v) is 3.43. The zero-order valence-electron chi connectivity index (χ0n) is 12.2. The maximum absolute atomic E-state index is 12.2. The lowest BCUT2D eigenvalue weighted by molar-refractivity contribution is -0.119. The van der Waals surface area contributed by atoms with E-state index in [2.05, 4.69) is 15.5 Å². The van der Waals surface area contributed by atoms with Crippen molar-refractivity contribution in [1.29, 1.82) is 0 Å². The van der Waals surface area contributed by atoms with Crippen molar-refractivity contribution in [3.63, 3.8) is 0 Å². The maximum atomic E-state index is 12.2. The van der Waals surface area contributed by atoms with Crippen molar-refractivity contribution in [2.24, 2.45) is 0 Å². The number of amides is 1. The topological polar surface area (TPSA) is 74.0 Å². The molecule has 8 heteroatoms. The summed E-state index contributed by atoms with van der Waals surface area (Å²) in [5, 5.41) is 11.5. The van der Waals surface area contributed by atoms with E-state index in [0.717, 1.165) is 5.69 Å². The van der Waals surface area contributed by atoms with E-state index in [9.17, 15) is 4.79 Å². The van der Waals surface area contributed by atoms with Gasteiger partial charge in [-0.05, 0) is 20.8 Å². The molecule has 0 aliphatic rings. The van der Waals surface area contributed by atoms with Gasteiger partial charge in [-0.2, -0.15) is 10.2 Å². The number of halogens is 1. The van der Waals surface area contributed by atoms with Crippen LogP contribution >= 0.6 is 11.6 Å². The van der Waals surface area contributed by atoms with Crippen LogP contribution in [0.5, 0.6) is 0 Å². The minimum Gasteiger partial charge on any atom is -0.360 e. The van der Waals surface area contributed by atoms with Gasteiger partial charge in [0.15, 0.2) is 0 Å². The summed E-state index contributed by atoms with van der Waals surface area (Å²) in [5.74, 6) is -0.186. The highest BCUT2D eigenvalue weighted by atomic mass is 35.5. The van der Waals surface area contributed by atoms with Crippen molar-refractivity contribution < 1.29 is 9.53 Å². The highest BCUT2D eigenvalue weighted by Crippen LogP contribution is 2.18. The molecule has 1 N–H and O–H groups in total. The van der Waals surface area contributed by atoms with Gasteiger partial charge in [0, 0.05) is 6.61 Å². The van der Waals surface area contributed by atoms with E-state index in [-0.39, 0.29) is 5.91 Å². The molecule has 21 heavy (non-hydrogen) atoms. The maximum Gasteiger partial charge on any atom is 0.249 e. The Kier molecular flexibility index (Phi) is 4.98. The molecule has 1 atom stereocenters. The summed E-state index contributed by atoms with van der Waals surface area (Å²) in [6.07, 6.45) is 4.82. The molecule has 2 heterocycles. The zero-order chi connectivity index (χ0) is 15.4.